The quantitative estimate of drug-likeness (QED) is 0.340. The minimum atomic E-state index is -3.69. The van der Waals surface area contributed by atoms with E-state index < -0.39 is 15.7 Å². The zero-order chi connectivity index (χ0) is 23.5. The van der Waals surface area contributed by atoms with Gasteiger partial charge < -0.3 is 0 Å². The lowest BCUT2D eigenvalue weighted by Gasteiger charge is -2.09. The van der Waals surface area contributed by atoms with Crippen LogP contribution in [-0.4, -0.2) is 29.5 Å². The largest absolute Gasteiger partial charge is 0.296 e. The van der Waals surface area contributed by atoms with Crippen molar-refractivity contribution < 1.29 is 13.2 Å². The van der Waals surface area contributed by atoms with E-state index in [0.29, 0.717) is 27.7 Å². The summed E-state index contributed by atoms with van der Waals surface area (Å²) >= 11 is 0.830. The average molecular weight is 487 g/mol. The number of rotatable bonds is 6. The van der Waals surface area contributed by atoms with Crippen LogP contribution in [0, 0.1) is 0 Å². The van der Waals surface area contributed by atoms with Crippen LogP contribution in [0.3, 0.4) is 0 Å². The van der Waals surface area contributed by atoms with Gasteiger partial charge in [-0.2, -0.15) is 0 Å². The molecule has 1 amide bonds. The van der Waals surface area contributed by atoms with E-state index >= 15 is 0 Å². The molecule has 168 valence electrons. The van der Waals surface area contributed by atoms with Gasteiger partial charge in [-0.05, 0) is 17.7 Å². The lowest BCUT2D eigenvalue weighted by molar-refractivity contribution is 0.102. The second-order valence-corrected chi connectivity index (χ2v) is 10.7. The van der Waals surface area contributed by atoms with E-state index in [-0.39, 0.29) is 15.2 Å². The van der Waals surface area contributed by atoms with Crippen molar-refractivity contribution in [3.8, 4) is 11.3 Å². The number of pyridine rings is 1. The Morgan fingerprint density at radius 1 is 0.853 bits per heavy atom. The third kappa shape index (κ3) is 4.57. The predicted octanol–water partition coefficient (Wildman–Crippen LogP) is 4.98. The SMILES string of the molecule is O=C(Nc1nnc(S(=O)(=O)Cc2ccccc2)s1)c1cc(-c2ccccc2)nc2ccccc12. The molecular weight excluding hydrogens is 468 g/mol. The van der Waals surface area contributed by atoms with E-state index in [1.807, 2.05) is 60.7 Å². The second kappa shape index (κ2) is 9.12. The Hall–Kier alpha value is -3.95. The number of amides is 1. The minimum absolute atomic E-state index is 0.110. The fraction of sp³-hybridized carbons (Fsp3) is 0.0400. The van der Waals surface area contributed by atoms with Gasteiger partial charge in [-0.25, -0.2) is 13.4 Å². The third-order valence-corrected chi connectivity index (χ3v) is 8.10. The molecule has 0 aliphatic heterocycles. The molecule has 2 aromatic heterocycles. The zero-order valence-corrected chi connectivity index (χ0v) is 19.4. The summed E-state index contributed by atoms with van der Waals surface area (Å²) in [7, 11) is -3.69. The van der Waals surface area contributed by atoms with Crippen molar-refractivity contribution in [2.75, 3.05) is 5.32 Å². The molecule has 3 aromatic carbocycles. The topological polar surface area (TPSA) is 102 Å². The highest BCUT2D eigenvalue weighted by Gasteiger charge is 2.22. The van der Waals surface area contributed by atoms with Crippen LogP contribution in [0.4, 0.5) is 5.13 Å². The van der Waals surface area contributed by atoms with E-state index in [0.717, 1.165) is 16.9 Å². The Labute approximate surface area is 200 Å². The lowest BCUT2D eigenvalue weighted by atomic mass is 10.0. The molecule has 0 aliphatic carbocycles. The molecule has 0 atom stereocenters. The Kier molecular flexibility index (Phi) is 5.87. The lowest BCUT2D eigenvalue weighted by Crippen LogP contribution is -2.13. The van der Waals surface area contributed by atoms with Crippen LogP contribution in [0.1, 0.15) is 15.9 Å². The van der Waals surface area contributed by atoms with Crippen LogP contribution in [0.25, 0.3) is 22.2 Å². The van der Waals surface area contributed by atoms with Crippen LogP contribution in [0.5, 0.6) is 0 Å². The highest BCUT2D eigenvalue weighted by atomic mass is 32.2. The molecule has 1 N–H and O–H groups in total. The number of aromatic nitrogens is 3. The van der Waals surface area contributed by atoms with E-state index in [4.69, 9.17) is 0 Å². The molecule has 0 unspecified atom stereocenters. The molecule has 0 aliphatic rings. The summed E-state index contributed by atoms with van der Waals surface area (Å²) < 4.78 is 25.3. The number of hydrogen-bond donors (Lipinski definition) is 1. The van der Waals surface area contributed by atoms with E-state index in [9.17, 15) is 13.2 Å². The normalized spacial score (nSPS) is 11.4. The van der Waals surface area contributed by atoms with Gasteiger partial charge in [0.25, 0.3) is 5.91 Å². The molecule has 34 heavy (non-hydrogen) atoms. The van der Waals surface area contributed by atoms with Crippen molar-refractivity contribution in [1.82, 2.24) is 15.2 Å². The Balaban J connectivity index is 1.44. The summed E-state index contributed by atoms with van der Waals surface area (Å²) in [5, 5.41) is 11.2. The molecule has 0 fully saturated rings. The Bertz CT molecular complexity index is 1580. The molecular formula is C25H18N4O3S2. The highest BCUT2D eigenvalue weighted by molar-refractivity contribution is 7.92. The first-order valence-corrected chi connectivity index (χ1v) is 12.8. The van der Waals surface area contributed by atoms with Crippen molar-refractivity contribution in [2.45, 2.75) is 10.1 Å². The number of sulfone groups is 1. The van der Waals surface area contributed by atoms with Gasteiger partial charge in [-0.1, -0.05) is 90.2 Å². The molecule has 5 rings (SSSR count). The molecule has 2 heterocycles. The number of para-hydroxylation sites is 1. The van der Waals surface area contributed by atoms with E-state index in [1.54, 1.807) is 30.3 Å². The summed E-state index contributed by atoms with van der Waals surface area (Å²) in [6.07, 6.45) is 0. The van der Waals surface area contributed by atoms with E-state index in [1.165, 1.54) is 0 Å². The number of carbonyl (C=O) groups is 1. The molecule has 0 radical (unpaired) electrons. The number of benzene rings is 3. The number of nitrogens with one attached hydrogen (secondary N) is 1. The summed E-state index contributed by atoms with van der Waals surface area (Å²) in [6.45, 7) is 0. The molecule has 7 nitrogen and oxygen atoms in total. The number of nitrogens with zero attached hydrogens (tertiary/aromatic N) is 3. The molecule has 0 bridgehead atoms. The van der Waals surface area contributed by atoms with Gasteiger partial charge in [0, 0.05) is 10.9 Å². The number of anilines is 1. The van der Waals surface area contributed by atoms with Crippen LogP contribution in [0.15, 0.2) is 95.3 Å². The first-order valence-electron chi connectivity index (χ1n) is 10.4. The summed E-state index contributed by atoms with van der Waals surface area (Å²) in [5.41, 5.74) is 3.28. The molecule has 9 heteroatoms. The molecule has 0 saturated heterocycles. The first-order chi connectivity index (χ1) is 16.5. The van der Waals surface area contributed by atoms with Gasteiger partial charge >= 0.3 is 0 Å². The van der Waals surface area contributed by atoms with Crippen molar-refractivity contribution in [3.05, 3.63) is 102 Å². The maximum Gasteiger partial charge on any atom is 0.258 e. The van der Waals surface area contributed by atoms with Gasteiger partial charge in [-0.3, -0.25) is 10.1 Å². The standard InChI is InChI=1S/C25H18N4O3S2/c30-23(27-24-28-29-25(33-24)34(31,32)16-17-9-3-1-4-10-17)20-15-22(18-11-5-2-6-12-18)26-21-14-8-7-13-19(20)21/h1-15H,16H2,(H,27,28,30). The van der Waals surface area contributed by atoms with Crippen molar-refractivity contribution in [2.24, 2.45) is 0 Å². The van der Waals surface area contributed by atoms with Crippen molar-refractivity contribution in [3.63, 3.8) is 0 Å². The molecule has 0 spiro atoms. The predicted molar refractivity (Wildman–Crippen MR) is 132 cm³/mol. The number of hydrogen-bond acceptors (Lipinski definition) is 7. The second-order valence-electron chi connectivity index (χ2n) is 7.51. The number of fused-ring (bicyclic) bond motifs is 1. The monoisotopic (exact) mass is 486 g/mol. The van der Waals surface area contributed by atoms with Crippen LogP contribution >= 0.6 is 11.3 Å². The minimum Gasteiger partial charge on any atom is -0.296 e. The van der Waals surface area contributed by atoms with Crippen LogP contribution in [0.2, 0.25) is 0 Å². The average Bonchev–Trinajstić information content (AvgIpc) is 3.34. The molecule has 5 aromatic rings. The van der Waals surface area contributed by atoms with Gasteiger partial charge in [0.2, 0.25) is 19.3 Å². The molecule has 0 saturated carbocycles. The summed E-state index contributed by atoms with van der Waals surface area (Å²) in [4.78, 5) is 17.9. The first kappa shape index (κ1) is 21.9. The van der Waals surface area contributed by atoms with Crippen molar-refractivity contribution in [1.29, 1.82) is 0 Å². The van der Waals surface area contributed by atoms with Gasteiger partial charge in [-0.15, -0.1) is 10.2 Å². The fourth-order valence-corrected chi connectivity index (χ4v) is 5.84. The van der Waals surface area contributed by atoms with E-state index in [2.05, 4.69) is 20.5 Å². The van der Waals surface area contributed by atoms with Gasteiger partial charge in [0.15, 0.2) is 0 Å². The summed E-state index contributed by atoms with van der Waals surface area (Å²) in [6, 6.07) is 27.5. The Morgan fingerprint density at radius 2 is 1.53 bits per heavy atom. The van der Waals surface area contributed by atoms with Crippen molar-refractivity contribution >= 4 is 43.1 Å². The third-order valence-electron chi connectivity index (χ3n) is 5.12. The fourth-order valence-electron chi connectivity index (χ4n) is 3.53. The Morgan fingerprint density at radius 3 is 2.29 bits per heavy atom. The van der Waals surface area contributed by atoms with Crippen LogP contribution < -0.4 is 5.32 Å². The maximum absolute atomic E-state index is 13.2. The number of carbonyl (C=O) groups excluding carboxylic acids is 1. The van der Waals surface area contributed by atoms with Crippen LogP contribution in [-0.2, 0) is 15.6 Å². The van der Waals surface area contributed by atoms with Gasteiger partial charge in [0.05, 0.1) is 22.5 Å². The zero-order valence-electron chi connectivity index (χ0n) is 17.8. The highest BCUT2D eigenvalue weighted by Crippen LogP contribution is 2.27. The maximum atomic E-state index is 13.2. The summed E-state index contributed by atoms with van der Waals surface area (Å²) in [5.74, 6) is -0.606. The smallest absolute Gasteiger partial charge is 0.258 e. The van der Waals surface area contributed by atoms with Gasteiger partial charge in [0.1, 0.15) is 0 Å².